The number of carbonyl (C=O) groups is 1. The third-order valence-corrected chi connectivity index (χ3v) is 8.17. The van der Waals surface area contributed by atoms with Gasteiger partial charge in [0, 0.05) is 31.5 Å². The van der Waals surface area contributed by atoms with Crippen molar-refractivity contribution in [1.29, 1.82) is 0 Å². The van der Waals surface area contributed by atoms with Gasteiger partial charge in [0.2, 0.25) is 0 Å². The van der Waals surface area contributed by atoms with E-state index in [1.807, 2.05) is 60.7 Å². The molecule has 0 radical (unpaired) electrons. The highest BCUT2D eigenvalue weighted by atomic mass is 16.5. The van der Waals surface area contributed by atoms with Crippen LogP contribution in [-0.4, -0.2) is 43.3 Å². The standard InChI is InChI=1S/C30H33NO4/c1-34-25-15-13-24(14-16-25)30(33)18-17-26(23-11-7-4-8-12-23)29(28(32)35-2)21-31(20-27(29)30)19-22-9-5-3-6-10-22/h3-16,26-27,33H,17-21H2,1-2H3. The molecule has 5 heteroatoms. The fourth-order valence-electron chi connectivity index (χ4n) is 6.57. The Morgan fingerprint density at radius 1 is 0.971 bits per heavy atom. The van der Waals surface area contributed by atoms with E-state index in [1.165, 1.54) is 12.7 Å². The molecule has 3 aromatic carbocycles. The van der Waals surface area contributed by atoms with Gasteiger partial charge >= 0.3 is 5.97 Å². The van der Waals surface area contributed by atoms with Crippen LogP contribution < -0.4 is 4.74 Å². The fourth-order valence-corrected chi connectivity index (χ4v) is 6.57. The number of methoxy groups -OCH3 is 2. The second-order valence-electron chi connectivity index (χ2n) is 9.89. The smallest absolute Gasteiger partial charge is 0.314 e. The Morgan fingerprint density at radius 2 is 1.63 bits per heavy atom. The highest BCUT2D eigenvalue weighted by Gasteiger charge is 2.66. The zero-order chi connectivity index (χ0) is 24.5. The summed E-state index contributed by atoms with van der Waals surface area (Å²) in [5.74, 6) is 0.143. The van der Waals surface area contributed by atoms with Crippen molar-refractivity contribution in [2.45, 2.75) is 30.9 Å². The van der Waals surface area contributed by atoms with Crippen LogP contribution in [0.2, 0.25) is 0 Å². The number of fused-ring (bicyclic) bond motifs is 1. The summed E-state index contributed by atoms with van der Waals surface area (Å²) in [6.07, 6.45) is 1.26. The van der Waals surface area contributed by atoms with Crippen molar-refractivity contribution >= 4 is 5.97 Å². The van der Waals surface area contributed by atoms with Gasteiger partial charge in [-0.15, -0.1) is 0 Å². The van der Waals surface area contributed by atoms with E-state index in [0.29, 0.717) is 25.9 Å². The van der Waals surface area contributed by atoms with Crippen LogP contribution in [0, 0.1) is 11.3 Å². The fraction of sp³-hybridized carbons (Fsp3) is 0.367. The van der Waals surface area contributed by atoms with Gasteiger partial charge in [0.15, 0.2) is 0 Å². The molecule has 35 heavy (non-hydrogen) atoms. The van der Waals surface area contributed by atoms with Crippen molar-refractivity contribution < 1.29 is 19.4 Å². The third-order valence-electron chi connectivity index (χ3n) is 8.17. The summed E-state index contributed by atoms with van der Waals surface area (Å²) in [5, 5.41) is 12.4. The maximum Gasteiger partial charge on any atom is 0.314 e. The molecular weight excluding hydrogens is 438 g/mol. The van der Waals surface area contributed by atoms with Crippen molar-refractivity contribution in [3.05, 3.63) is 102 Å². The molecule has 2 aliphatic rings. The summed E-state index contributed by atoms with van der Waals surface area (Å²) in [6.45, 7) is 1.86. The van der Waals surface area contributed by atoms with Crippen molar-refractivity contribution in [2.75, 3.05) is 27.3 Å². The van der Waals surface area contributed by atoms with Crippen LogP contribution in [0.4, 0.5) is 0 Å². The molecule has 3 aromatic rings. The van der Waals surface area contributed by atoms with Crippen LogP contribution in [0.3, 0.4) is 0 Å². The minimum absolute atomic E-state index is 0.0413. The van der Waals surface area contributed by atoms with E-state index >= 15 is 0 Å². The molecular formula is C30H33NO4. The Kier molecular flexibility index (Phi) is 6.39. The molecule has 1 aliphatic carbocycles. The number of benzene rings is 3. The molecule has 1 saturated heterocycles. The molecule has 4 atom stereocenters. The van der Waals surface area contributed by atoms with E-state index in [4.69, 9.17) is 9.47 Å². The number of hydrogen-bond donors (Lipinski definition) is 1. The van der Waals surface area contributed by atoms with Gasteiger partial charge in [0.05, 0.1) is 25.2 Å². The number of nitrogens with zero attached hydrogens (tertiary/aromatic N) is 1. The van der Waals surface area contributed by atoms with E-state index in [9.17, 15) is 9.90 Å². The molecule has 0 aromatic heterocycles. The molecule has 0 bridgehead atoms. The average molecular weight is 472 g/mol. The number of esters is 1. The first-order chi connectivity index (χ1) is 17.0. The molecule has 4 unspecified atom stereocenters. The van der Waals surface area contributed by atoms with Crippen LogP contribution in [0.1, 0.15) is 35.4 Å². The zero-order valence-corrected chi connectivity index (χ0v) is 20.4. The highest BCUT2D eigenvalue weighted by Crippen LogP contribution is 2.61. The lowest BCUT2D eigenvalue weighted by molar-refractivity contribution is -0.173. The van der Waals surface area contributed by atoms with Gasteiger partial charge in [0.1, 0.15) is 5.75 Å². The van der Waals surface area contributed by atoms with Crippen LogP contribution in [-0.2, 0) is 21.7 Å². The van der Waals surface area contributed by atoms with E-state index in [2.05, 4.69) is 29.2 Å². The van der Waals surface area contributed by atoms with E-state index in [-0.39, 0.29) is 17.8 Å². The van der Waals surface area contributed by atoms with Crippen molar-refractivity contribution in [1.82, 2.24) is 4.90 Å². The van der Waals surface area contributed by atoms with Gasteiger partial charge in [-0.3, -0.25) is 9.69 Å². The average Bonchev–Trinajstić information content (AvgIpc) is 3.31. The summed E-state index contributed by atoms with van der Waals surface area (Å²) in [4.78, 5) is 16.1. The van der Waals surface area contributed by atoms with Crippen LogP contribution >= 0.6 is 0 Å². The zero-order valence-electron chi connectivity index (χ0n) is 20.4. The number of hydrogen-bond acceptors (Lipinski definition) is 5. The number of aliphatic hydroxyl groups is 1. The Morgan fingerprint density at radius 3 is 2.26 bits per heavy atom. The van der Waals surface area contributed by atoms with E-state index in [1.54, 1.807) is 7.11 Å². The number of ether oxygens (including phenoxy) is 2. The molecule has 5 rings (SSSR count). The summed E-state index contributed by atoms with van der Waals surface area (Å²) in [7, 11) is 3.10. The first-order valence-electron chi connectivity index (χ1n) is 12.3. The van der Waals surface area contributed by atoms with E-state index in [0.717, 1.165) is 23.4 Å². The molecule has 1 saturated carbocycles. The van der Waals surface area contributed by atoms with Crippen molar-refractivity contribution in [3.63, 3.8) is 0 Å². The molecule has 0 spiro atoms. The number of rotatable bonds is 6. The van der Waals surface area contributed by atoms with Gasteiger partial charge in [-0.05, 0) is 41.7 Å². The molecule has 2 fully saturated rings. The first kappa shape index (κ1) is 23.6. The molecule has 182 valence electrons. The second kappa shape index (κ2) is 9.48. The lowest BCUT2D eigenvalue weighted by atomic mass is 9.53. The Labute approximate surface area is 207 Å². The van der Waals surface area contributed by atoms with Gasteiger partial charge in [0.25, 0.3) is 0 Å². The minimum Gasteiger partial charge on any atom is -0.497 e. The lowest BCUT2D eigenvalue weighted by Gasteiger charge is -2.51. The van der Waals surface area contributed by atoms with Crippen LogP contribution in [0.5, 0.6) is 5.75 Å². The van der Waals surface area contributed by atoms with Crippen molar-refractivity contribution in [2.24, 2.45) is 11.3 Å². The third kappa shape index (κ3) is 4.03. The first-order valence-corrected chi connectivity index (χ1v) is 12.3. The van der Waals surface area contributed by atoms with Crippen LogP contribution in [0.25, 0.3) is 0 Å². The summed E-state index contributed by atoms with van der Waals surface area (Å²) in [5.41, 5.74) is 1.12. The van der Waals surface area contributed by atoms with Gasteiger partial charge < -0.3 is 14.6 Å². The summed E-state index contributed by atoms with van der Waals surface area (Å²) >= 11 is 0. The van der Waals surface area contributed by atoms with Crippen LogP contribution in [0.15, 0.2) is 84.9 Å². The maximum atomic E-state index is 13.8. The van der Waals surface area contributed by atoms with Gasteiger partial charge in [-0.25, -0.2) is 0 Å². The molecule has 1 N–H and O–H groups in total. The Bertz CT molecular complexity index is 1150. The normalized spacial score (nSPS) is 28.3. The molecule has 5 nitrogen and oxygen atoms in total. The predicted octanol–water partition coefficient (Wildman–Crippen LogP) is 4.75. The van der Waals surface area contributed by atoms with Gasteiger partial charge in [-0.1, -0.05) is 72.8 Å². The summed E-state index contributed by atoms with van der Waals surface area (Å²) < 4.78 is 10.9. The number of likely N-dealkylation sites (tertiary alicyclic amines) is 1. The number of carbonyl (C=O) groups excluding carboxylic acids is 1. The quantitative estimate of drug-likeness (QED) is 0.526. The monoisotopic (exact) mass is 471 g/mol. The summed E-state index contributed by atoms with van der Waals surface area (Å²) in [6, 6.07) is 28.2. The lowest BCUT2D eigenvalue weighted by Crippen LogP contribution is -2.56. The Balaban J connectivity index is 1.61. The van der Waals surface area contributed by atoms with Crippen molar-refractivity contribution in [3.8, 4) is 5.75 Å². The predicted molar refractivity (Wildman–Crippen MR) is 135 cm³/mol. The largest absolute Gasteiger partial charge is 0.497 e. The maximum absolute atomic E-state index is 13.8. The van der Waals surface area contributed by atoms with Gasteiger partial charge in [-0.2, -0.15) is 0 Å². The highest BCUT2D eigenvalue weighted by molar-refractivity contribution is 5.80. The van der Waals surface area contributed by atoms with E-state index < -0.39 is 11.0 Å². The second-order valence-corrected chi connectivity index (χ2v) is 9.89. The Hall–Kier alpha value is -3.15. The molecule has 1 aliphatic heterocycles. The SMILES string of the molecule is COC(=O)C12CN(Cc3ccccc3)CC1C(O)(c1ccc(OC)cc1)CCC2c1ccccc1. The minimum atomic E-state index is -1.16. The molecule has 0 amide bonds. The molecule has 1 heterocycles. The topological polar surface area (TPSA) is 59.0 Å².